The number of nitriles is 1. The third-order valence-electron chi connectivity index (χ3n) is 3.59. The lowest BCUT2D eigenvalue weighted by Gasteiger charge is -2.38. The molecule has 1 saturated heterocycles. The molecule has 0 aromatic carbocycles. The lowest BCUT2D eigenvalue weighted by Crippen LogP contribution is -2.53. The van der Waals surface area contributed by atoms with Gasteiger partial charge >= 0.3 is 6.03 Å². The highest BCUT2D eigenvalue weighted by atomic mass is 32.2. The molecule has 6 nitrogen and oxygen atoms in total. The summed E-state index contributed by atoms with van der Waals surface area (Å²) in [5.41, 5.74) is 0. The first-order chi connectivity index (χ1) is 8.98. The average molecular weight is 284 g/mol. The highest BCUT2D eigenvalue weighted by Gasteiger charge is 2.36. The first kappa shape index (κ1) is 15.8. The minimum absolute atomic E-state index is 0.312. The van der Waals surface area contributed by atoms with Gasteiger partial charge in [-0.2, -0.15) is 5.26 Å². The van der Waals surface area contributed by atoms with Crippen LogP contribution in [-0.2, 0) is 4.79 Å². The maximum Gasteiger partial charge on any atom is 0.321 e. The predicted octanol–water partition coefficient (Wildman–Crippen LogP) is 0.552. The maximum atomic E-state index is 11.8. The summed E-state index contributed by atoms with van der Waals surface area (Å²) in [5.74, 6) is -0.312. The number of urea groups is 1. The molecule has 0 aromatic heterocycles. The van der Waals surface area contributed by atoms with Crippen LogP contribution in [0.15, 0.2) is 0 Å². The van der Waals surface area contributed by atoms with Crippen LogP contribution < -0.4 is 10.6 Å². The summed E-state index contributed by atoms with van der Waals surface area (Å²) in [6, 6.07) is 1.51. The summed E-state index contributed by atoms with van der Waals surface area (Å²) in [4.78, 5) is 24.9. The molecule has 19 heavy (non-hydrogen) atoms. The molecule has 1 atom stereocenters. The number of carbonyl (C=O) groups excluding carboxylic acids is 2. The molecule has 1 unspecified atom stereocenters. The summed E-state index contributed by atoms with van der Waals surface area (Å²) >= 11 is 1.58. The van der Waals surface area contributed by atoms with Crippen LogP contribution in [0.1, 0.15) is 19.8 Å². The van der Waals surface area contributed by atoms with Gasteiger partial charge < -0.3 is 5.32 Å². The Labute approximate surface area is 117 Å². The van der Waals surface area contributed by atoms with E-state index in [9.17, 15) is 14.9 Å². The van der Waals surface area contributed by atoms with Gasteiger partial charge in [0, 0.05) is 20.1 Å². The highest BCUT2D eigenvalue weighted by Crippen LogP contribution is 2.34. The topological polar surface area (TPSA) is 85.2 Å². The number of hydrogen-bond donors (Lipinski definition) is 2. The smallest absolute Gasteiger partial charge is 0.321 e. The van der Waals surface area contributed by atoms with Crippen LogP contribution >= 0.6 is 11.8 Å². The van der Waals surface area contributed by atoms with E-state index in [4.69, 9.17) is 0 Å². The van der Waals surface area contributed by atoms with E-state index in [1.807, 2.05) is 11.2 Å². The van der Waals surface area contributed by atoms with E-state index in [1.54, 1.807) is 18.7 Å². The van der Waals surface area contributed by atoms with E-state index in [2.05, 4.69) is 16.7 Å². The SMILES string of the molecule is CNC(=O)NC(=O)C(C)N1CCC(C#N)(SC)CC1. The molecule has 2 N–H and O–H groups in total. The third kappa shape index (κ3) is 3.85. The summed E-state index contributed by atoms with van der Waals surface area (Å²) < 4.78 is -0.326. The first-order valence-electron chi connectivity index (χ1n) is 6.21. The molecular formula is C12H20N4O2S. The lowest BCUT2D eigenvalue weighted by molar-refractivity contribution is -0.125. The number of hydrogen-bond acceptors (Lipinski definition) is 5. The minimum Gasteiger partial charge on any atom is -0.341 e. The van der Waals surface area contributed by atoms with Crippen molar-refractivity contribution in [2.24, 2.45) is 0 Å². The second-order valence-electron chi connectivity index (χ2n) is 4.59. The summed E-state index contributed by atoms with van der Waals surface area (Å²) in [7, 11) is 1.47. The Morgan fingerprint density at radius 2 is 2.00 bits per heavy atom. The van der Waals surface area contributed by atoms with Crippen molar-refractivity contribution in [3.8, 4) is 6.07 Å². The van der Waals surface area contributed by atoms with E-state index in [1.165, 1.54) is 7.05 Å². The van der Waals surface area contributed by atoms with E-state index >= 15 is 0 Å². The molecular weight excluding hydrogens is 264 g/mol. The van der Waals surface area contributed by atoms with Gasteiger partial charge in [-0.3, -0.25) is 15.0 Å². The third-order valence-corrected chi connectivity index (χ3v) is 4.87. The number of thioether (sulfide) groups is 1. The van der Waals surface area contributed by atoms with Crippen molar-refractivity contribution in [1.29, 1.82) is 5.26 Å². The number of likely N-dealkylation sites (tertiary alicyclic amines) is 1. The Kier molecular flexibility index (Phi) is 5.63. The van der Waals surface area contributed by atoms with Crippen molar-refractivity contribution in [3.63, 3.8) is 0 Å². The molecule has 0 bridgehead atoms. The van der Waals surface area contributed by atoms with Gasteiger partial charge in [0.2, 0.25) is 5.91 Å². The molecule has 1 fully saturated rings. The molecule has 0 radical (unpaired) electrons. The molecule has 1 aliphatic heterocycles. The standard InChI is InChI=1S/C12H20N4O2S/c1-9(10(17)15-11(18)14-2)16-6-4-12(8-13,19-3)5-7-16/h9H,4-7H2,1-3H3,(H2,14,15,17,18). The fourth-order valence-electron chi connectivity index (χ4n) is 2.08. The number of amides is 3. The van der Waals surface area contributed by atoms with E-state index in [-0.39, 0.29) is 16.7 Å². The van der Waals surface area contributed by atoms with E-state index < -0.39 is 6.03 Å². The lowest BCUT2D eigenvalue weighted by atomic mass is 9.96. The zero-order chi connectivity index (χ0) is 14.5. The Hall–Kier alpha value is -1.26. The summed E-state index contributed by atoms with van der Waals surface area (Å²) in [6.45, 7) is 3.16. The summed E-state index contributed by atoms with van der Waals surface area (Å²) in [6.07, 6.45) is 3.42. The van der Waals surface area contributed by atoms with Gasteiger partial charge in [-0.05, 0) is 26.0 Å². The van der Waals surface area contributed by atoms with Gasteiger partial charge in [-0.15, -0.1) is 11.8 Å². The van der Waals surface area contributed by atoms with Crippen LogP contribution in [0.5, 0.6) is 0 Å². The van der Waals surface area contributed by atoms with Crippen molar-refractivity contribution in [1.82, 2.24) is 15.5 Å². The number of nitrogens with zero attached hydrogens (tertiary/aromatic N) is 2. The minimum atomic E-state index is -0.496. The van der Waals surface area contributed by atoms with Crippen LogP contribution in [0.25, 0.3) is 0 Å². The second kappa shape index (κ2) is 6.78. The van der Waals surface area contributed by atoms with Crippen LogP contribution in [0.2, 0.25) is 0 Å². The number of rotatable bonds is 3. The fraction of sp³-hybridized carbons (Fsp3) is 0.750. The molecule has 0 aromatic rings. The first-order valence-corrected chi connectivity index (χ1v) is 7.43. The van der Waals surface area contributed by atoms with Crippen molar-refractivity contribution < 1.29 is 9.59 Å². The number of nitrogens with one attached hydrogen (secondary N) is 2. The predicted molar refractivity (Wildman–Crippen MR) is 74.7 cm³/mol. The Balaban J connectivity index is 2.53. The van der Waals surface area contributed by atoms with Crippen LogP contribution in [0, 0.1) is 11.3 Å². The molecule has 1 heterocycles. The molecule has 1 aliphatic rings. The van der Waals surface area contributed by atoms with E-state index in [0.29, 0.717) is 13.1 Å². The molecule has 1 rings (SSSR count). The quantitative estimate of drug-likeness (QED) is 0.790. The molecule has 3 amide bonds. The molecule has 0 spiro atoms. The van der Waals surface area contributed by atoms with Gasteiger partial charge in [0.25, 0.3) is 0 Å². The van der Waals surface area contributed by atoms with Gasteiger partial charge in [-0.1, -0.05) is 0 Å². The van der Waals surface area contributed by atoms with Gasteiger partial charge in [-0.25, -0.2) is 4.79 Å². The van der Waals surface area contributed by atoms with Crippen LogP contribution in [-0.4, -0.2) is 54.0 Å². The van der Waals surface area contributed by atoms with Crippen molar-refractivity contribution in [3.05, 3.63) is 0 Å². The fourth-order valence-corrected chi connectivity index (χ4v) is 2.76. The Morgan fingerprint density at radius 1 is 1.42 bits per heavy atom. The zero-order valence-electron chi connectivity index (χ0n) is 11.5. The molecule has 0 aliphatic carbocycles. The summed E-state index contributed by atoms with van der Waals surface area (Å²) in [5, 5.41) is 13.8. The highest BCUT2D eigenvalue weighted by molar-refractivity contribution is 8.00. The van der Waals surface area contributed by atoms with Crippen molar-refractivity contribution >= 4 is 23.7 Å². The number of piperidine rings is 1. The number of imide groups is 1. The zero-order valence-corrected chi connectivity index (χ0v) is 12.3. The van der Waals surface area contributed by atoms with Crippen molar-refractivity contribution in [2.75, 3.05) is 26.4 Å². The van der Waals surface area contributed by atoms with E-state index in [0.717, 1.165) is 12.8 Å². The van der Waals surface area contributed by atoms with Crippen LogP contribution in [0.4, 0.5) is 4.79 Å². The van der Waals surface area contributed by atoms with Gasteiger partial charge in [0.15, 0.2) is 0 Å². The molecule has 106 valence electrons. The van der Waals surface area contributed by atoms with Crippen molar-refractivity contribution in [2.45, 2.75) is 30.6 Å². The maximum absolute atomic E-state index is 11.8. The Bertz CT molecular complexity index is 386. The monoisotopic (exact) mass is 284 g/mol. The molecule has 7 heteroatoms. The average Bonchev–Trinajstić information content (AvgIpc) is 2.46. The van der Waals surface area contributed by atoms with Gasteiger partial charge in [0.05, 0.1) is 12.1 Å². The van der Waals surface area contributed by atoms with Gasteiger partial charge in [0.1, 0.15) is 4.75 Å². The van der Waals surface area contributed by atoms with Crippen LogP contribution in [0.3, 0.4) is 0 Å². The Morgan fingerprint density at radius 3 is 2.42 bits per heavy atom. The number of carbonyl (C=O) groups is 2. The largest absolute Gasteiger partial charge is 0.341 e. The second-order valence-corrected chi connectivity index (χ2v) is 5.78. The normalized spacial score (nSPS) is 20.1. The molecule has 0 saturated carbocycles.